The average molecular weight is 304 g/mol. The van der Waals surface area contributed by atoms with Gasteiger partial charge in [-0.15, -0.1) is 11.3 Å². The molecule has 0 unspecified atom stereocenters. The van der Waals surface area contributed by atoms with Gasteiger partial charge in [0.1, 0.15) is 21.5 Å². The van der Waals surface area contributed by atoms with Crippen LogP contribution in [0.15, 0.2) is 28.7 Å². The predicted molar refractivity (Wildman–Crippen MR) is 71.5 cm³/mol. The van der Waals surface area contributed by atoms with Gasteiger partial charge in [-0.2, -0.15) is 0 Å². The van der Waals surface area contributed by atoms with Crippen molar-refractivity contribution in [1.82, 2.24) is 9.97 Å². The summed E-state index contributed by atoms with van der Waals surface area (Å²) in [6, 6.07) is 4.73. The zero-order valence-corrected chi connectivity index (χ0v) is 11.8. The minimum atomic E-state index is -3.60. The summed E-state index contributed by atoms with van der Waals surface area (Å²) >= 11 is 6.90. The van der Waals surface area contributed by atoms with Crippen molar-refractivity contribution in [3.05, 3.63) is 34.6 Å². The molecular formula is C10H10ClN3O2S2. The minimum Gasteiger partial charge on any atom is -0.263 e. The highest BCUT2D eigenvalue weighted by Crippen LogP contribution is 2.24. The lowest BCUT2D eigenvalue weighted by Crippen LogP contribution is -2.12. The Bertz CT molecular complexity index is 655. The third kappa shape index (κ3) is 2.98. The molecule has 0 radical (unpaired) electrons. The first kappa shape index (κ1) is 13.3. The molecular weight excluding hydrogens is 294 g/mol. The molecule has 96 valence electrons. The average Bonchev–Trinajstić information content (AvgIpc) is 2.77. The Morgan fingerprint density at radius 1 is 1.39 bits per heavy atom. The summed E-state index contributed by atoms with van der Waals surface area (Å²) in [6.07, 6.45) is 2.01. The van der Waals surface area contributed by atoms with Gasteiger partial charge >= 0.3 is 0 Å². The van der Waals surface area contributed by atoms with E-state index < -0.39 is 10.0 Å². The summed E-state index contributed by atoms with van der Waals surface area (Å²) in [4.78, 5) is 8.49. The third-order valence-electron chi connectivity index (χ3n) is 2.12. The number of anilines is 1. The summed E-state index contributed by atoms with van der Waals surface area (Å²) in [5.41, 5.74) is 0. The van der Waals surface area contributed by atoms with Crippen LogP contribution in [0.4, 0.5) is 5.82 Å². The van der Waals surface area contributed by atoms with Crippen molar-refractivity contribution >= 4 is 38.8 Å². The number of nitrogens with zero attached hydrogens (tertiary/aromatic N) is 2. The molecule has 18 heavy (non-hydrogen) atoms. The van der Waals surface area contributed by atoms with Gasteiger partial charge in [-0.25, -0.2) is 18.4 Å². The Hall–Kier alpha value is -1.18. The lowest BCUT2D eigenvalue weighted by molar-refractivity contribution is 0.603. The number of halogens is 1. The summed E-state index contributed by atoms with van der Waals surface area (Å²) < 4.78 is 26.7. The molecule has 0 saturated heterocycles. The molecule has 0 spiro atoms. The fourth-order valence-corrected chi connectivity index (χ4v) is 3.71. The maximum absolute atomic E-state index is 12.0. The second kappa shape index (κ2) is 5.21. The highest BCUT2D eigenvalue weighted by atomic mass is 35.5. The highest BCUT2D eigenvalue weighted by molar-refractivity contribution is 7.94. The van der Waals surface area contributed by atoms with Gasteiger partial charge in [0.25, 0.3) is 10.0 Å². The fourth-order valence-electron chi connectivity index (χ4n) is 1.27. The first-order chi connectivity index (χ1) is 8.51. The van der Waals surface area contributed by atoms with Crippen LogP contribution in [0, 0.1) is 0 Å². The number of aromatic nitrogens is 2. The van der Waals surface area contributed by atoms with E-state index in [1.807, 2.05) is 6.92 Å². The maximum Gasteiger partial charge on any atom is 0.272 e. The van der Waals surface area contributed by atoms with Gasteiger partial charge in [0, 0.05) is 10.9 Å². The molecule has 0 aliphatic carbocycles. The molecule has 2 aromatic rings. The van der Waals surface area contributed by atoms with E-state index in [1.165, 1.54) is 23.7 Å². The molecule has 0 aliphatic heterocycles. The summed E-state index contributed by atoms with van der Waals surface area (Å²) in [6.45, 7) is 1.97. The lowest BCUT2D eigenvalue weighted by atomic mass is 10.4. The Balaban J connectivity index is 2.27. The van der Waals surface area contributed by atoms with Crippen LogP contribution >= 0.6 is 22.9 Å². The number of hydrogen-bond acceptors (Lipinski definition) is 5. The molecule has 0 atom stereocenters. The van der Waals surface area contributed by atoms with E-state index in [9.17, 15) is 8.42 Å². The normalized spacial score (nSPS) is 11.4. The van der Waals surface area contributed by atoms with E-state index in [-0.39, 0.29) is 15.2 Å². The van der Waals surface area contributed by atoms with Crippen LogP contribution in [0.25, 0.3) is 0 Å². The quantitative estimate of drug-likeness (QED) is 0.881. The Morgan fingerprint density at radius 3 is 2.78 bits per heavy atom. The smallest absolute Gasteiger partial charge is 0.263 e. The topological polar surface area (TPSA) is 72.0 Å². The number of hydrogen-bond donors (Lipinski definition) is 1. The second-order valence-corrected chi connectivity index (χ2v) is 6.87. The van der Waals surface area contributed by atoms with Crippen LogP contribution < -0.4 is 4.72 Å². The summed E-state index contributed by atoms with van der Waals surface area (Å²) in [7, 11) is -3.60. The molecule has 0 fully saturated rings. The van der Waals surface area contributed by atoms with E-state index in [0.29, 0.717) is 0 Å². The minimum absolute atomic E-state index is 0.154. The molecule has 0 saturated carbocycles. The molecule has 2 heterocycles. The van der Waals surface area contributed by atoms with Crippen molar-refractivity contribution in [2.45, 2.75) is 17.6 Å². The van der Waals surface area contributed by atoms with E-state index in [1.54, 1.807) is 12.1 Å². The highest BCUT2D eigenvalue weighted by Gasteiger charge is 2.17. The van der Waals surface area contributed by atoms with Crippen LogP contribution in [0.3, 0.4) is 0 Å². The standard InChI is InChI=1S/C10H10ClN3O2S2/c1-2-7-3-4-10(17-7)18(15,16)14-9-5-8(11)12-6-13-9/h3-6H,2H2,1H3,(H,12,13,14). The van der Waals surface area contributed by atoms with Crippen LogP contribution in [0.1, 0.15) is 11.8 Å². The van der Waals surface area contributed by atoms with E-state index in [2.05, 4.69) is 14.7 Å². The van der Waals surface area contributed by atoms with Crippen molar-refractivity contribution in [2.75, 3.05) is 4.72 Å². The second-order valence-electron chi connectivity index (χ2n) is 3.41. The molecule has 0 aromatic carbocycles. The van der Waals surface area contributed by atoms with Gasteiger partial charge in [0.2, 0.25) is 0 Å². The number of sulfonamides is 1. The van der Waals surface area contributed by atoms with Crippen LogP contribution in [-0.4, -0.2) is 18.4 Å². The zero-order valence-electron chi connectivity index (χ0n) is 9.42. The van der Waals surface area contributed by atoms with Gasteiger partial charge in [-0.3, -0.25) is 4.72 Å². The van der Waals surface area contributed by atoms with Crippen molar-refractivity contribution in [3.8, 4) is 0 Å². The van der Waals surface area contributed by atoms with Gasteiger partial charge < -0.3 is 0 Å². The predicted octanol–water partition coefficient (Wildman–Crippen LogP) is 2.55. The monoisotopic (exact) mass is 303 g/mol. The van der Waals surface area contributed by atoms with Crippen LogP contribution in [-0.2, 0) is 16.4 Å². The number of aryl methyl sites for hydroxylation is 1. The summed E-state index contributed by atoms with van der Waals surface area (Å²) in [5.74, 6) is 0.154. The number of rotatable bonds is 4. The molecule has 2 aromatic heterocycles. The Kier molecular flexibility index (Phi) is 3.84. The summed E-state index contributed by atoms with van der Waals surface area (Å²) in [5, 5.41) is 0.183. The number of nitrogens with one attached hydrogen (secondary N) is 1. The molecule has 0 aliphatic rings. The maximum atomic E-state index is 12.0. The van der Waals surface area contributed by atoms with Crippen LogP contribution in [0.5, 0.6) is 0 Å². The van der Waals surface area contributed by atoms with Crippen molar-refractivity contribution in [1.29, 1.82) is 0 Å². The van der Waals surface area contributed by atoms with Crippen molar-refractivity contribution in [2.24, 2.45) is 0 Å². The molecule has 0 amide bonds. The van der Waals surface area contributed by atoms with Crippen LogP contribution in [0.2, 0.25) is 5.15 Å². The zero-order chi connectivity index (χ0) is 13.2. The first-order valence-electron chi connectivity index (χ1n) is 5.10. The SMILES string of the molecule is CCc1ccc(S(=O)(=O)Nc2cc(Cl)ncn2)s1. The first-order valence-corrected chi connectivity index (χ1v) is 7.78. The van der Waals surface area contributed by atoms with Crippen molar-refractivity contribution < 1.29 is 8.42 Å². The van der Waals surface area contributed by atoms with E-state index >= 15 is 0 Å². The molecule has 1 N–H and O–H groups in total. The van der Waals surface area contributed by atoms with Gasteiger partial charge in [-0.1, -0.05) is 18.5 Å². The van der Waals surface area contributed by atoms with Gasteiger partial charge in [-0.05, 0) is 18.6 Å². The van der Waals surface area contributed by atoms with Crippen molar-refractivity contribution in [3.63, 3.8) is 0 Å². The largest absolute Gasteiger partial charge is 0.272 e. The lowest BCUT2D eigenvalue weighted by Gasteiger charge is -2.04. The third-order valence-corrected chi connectivity index (χ3v) is 5.41. The molecule has 5 nitrogen and oxygen atoms in total. The fraction of sp³-hybridized carbons (Fsp3) is 0.200. The Morgan fingerprint density at radius 2 is 2.17 bits per heavy atom. The van der Waals surface area contributed by atoms with E-state index in [4.69, 9.17) is 11.6 Å². The number of thiophene rings is 1. The van der Waals surface area contributed by atoms with Gasteiger partial charge in [0.15, 0.2) is 0 Å². The molecule has 2 rings (SSSR count). The van der Waals surface area contributed by atoms with Gasteiger partial charge in [0.05, 0.1) is 0 Å². The molecule has 8 heteroatoms. The van der Waals surface area contributed by atoms with E-state index in [0.717, 1.165) is 11.3 Å². The molecule has 0 bridgehead atoms. The Labute approximate surface area is 114 Å².